The van der Waals surface area contributed by atoms with Gasteiger partial charge in [-0.25, -0.2) is 0 Å². The van der Waals surface area contributed by atoms with Gasteiger partial charge in [0.2, 0.25) is 0 Å². The van der Waals surface area contributed by atoms with Gasteiger partial charge in [-0.1, -0.05) is 0 Å². The number of thioether (sulfide) groups is 1. The summed E-state index contributed by atoms with van der Waals surface area (Å²) in [6.45, 7) is 2.10. The van der Waals surface area contributed by atoms with Gasteiger partial charge >= 0.3 is 0 Å². The van der Waals surface area contributed by atoms with E-state index in [0.717, 1.165) is 5.25 Å². The fraction of sp³-hybridized carbons (Fsp3) is 0.909. The lowest BCUT2D eigenvalue weighted by atomic mass is 9.94. The van der Waals surface area contributed by atoms with Crippen molar-refractivity contribution >= 4 is 11.8 Å². The van der Waals surface area contributed by atoms with E-state index >= 15 is 0 Å². The summed E-state index contributed by atoms with van der Waals surface area (Å²) in [6.07, 6.45) is 8.05. The van der Waals surface area contributed by atoms with Crippen LogP contribution < -0.4 is 5.32 Å². The fourth-order valence-electron chi connectivity index (χ4n) is 2.06. The summed E-state index contributed by atoms with van der Waals surface area (Å²) >= 11 is 2.00. The summed E-state index contributed by atoms with van der Waals surface area (Å²) < 4.78 is 0. The number of nitriles is 1. The van der Waals surface area contributed by atoms with Gasteiger partial charge < -0.3 is 5.32 Å². The molecule has 80 valence electrons. The van der Waals surface area contributed by atoms with E-state index in [1.165, 1.54) is 25.7 Å². The quantitative estimate of drug-likeness (QED) is 0.778. The van der Waals surface area contributed by atoms with Gasteiger partial charge in [0.25, 0.3) is 0 Å². The maximum atomic E-state index is 8.55. The van der Waals surface area contributed by atoms with Crippen LogP contribution in [-0.2, 0) is 0 Å². The van der Waals surface area contributed by atoms with Gasteiger partial charge in [0, 0.05) is 17.3 Å². The van der Waals surface area contributed by atoms with Gasteiger partial charge in [-0.3, -0.25) is 0 Å². The molecule has 0 spiro atoms. The SMILES string of the molecule is CSC1CCC(NC(C)CC#N)CC1. The number of nitrogens with one attached hydrogen (secondary N) is 1. The molecule has 3 heteroatoms. The number of nitrogens with zero attached hydrogens (tertiary/aromatic N) is 1. The molecular weight excluding hydrogens is 192 g/mol. The molecular formula is C11H20N2S. The molecule has 1 aliphatic carbocycles. The van der Waals surface area contributed by atoms with Crippen molar-refractivity contribution in [3.8, 4) is 6.07 Å². The summed E-state index contributed by atoms with van der Waals surface area (Å²) in [6, 6.07) is 3.22. The summed E-state index contributed by atoms with van der Waals surface area (Å²) in [5, 5.41) is 13.0. The molecule has 1 atom stereocenters. The molecule has 0 aromatic rings. The first-order valence-corrected chi connectivity index (χ1v) is 6.70. The Morgan fingerprint density at radius 3 is 2.57 bits per heavy atom. The molecule has 0 aromatic carbocycles. The Morgan fingerprint density at radius 2 is 2.07 bits per heavy atom. The maximum Gasteiger partial charge on any atom is 0.0638 e. The van der Waals surface area contributed by atoms with Crippen LogP contribution in [0.5, 0.6) is 0 Å². The Hall–Kier alpha value is -0.200. The standard InChI is InChI=1S/C11H20N2S/c1-9(7-8-12)13-10-3-5-11(14-2)6-4-10/h9-11,13H,3-7H2,1-2H3. The Balaban J connectivity index is 2.19. The second-order valence-electron chi connectivity index (χ2n) is 4.14. The van der Waals surface area contributed by atoms with Gasteiger partial charge in [0.15, 0.2) is 0 Å². The zero-order valence-electron chi connectivity index (χ0n) is 9.12. The Kier molecular flexibility index (Phi) is 5.36. The minimum atomic E-state index is 0.357. The third kappa shape index (κ3) is 3.89. The summed E-state index contributed by atoms with van der Waals surface area (Å²) in [4.78, 5) is 0. The highest BCUT2D eigenvalue weighted by molar-refractivity contribution is 7.99. The second kappa shape index (κ2) is 6.31. The van der Waals surface area contributed by atoms with Crippen molar-refractivity contribution in [2.75, 3.05) is 6.26 Å². The van der Waals surface area contributed by atoms with Crippen LogP contribution in [0.25, 0.3) is 0 Å². The van der Waals surface area contributed by atoms with Crippen molar-refractivity contribution < 1.29 is 0 Å². The first-order chi connectivity index (χ1) is 6.76. The number of hydrogen-bond donors (Lipinski definition) is 1. The Labute approximate surface area is 91.4 Å². The molecule has 1 fully saturated rings. The minimum absolute atomic E-state index is 0.357. The van der Waals surface area contributed by atoms with Gasteiger partial charge in [-0.15, -0.1) is 0 Å². The van der Waals surface area contributed by atoms with Crippen LogP contribution >= 0.6 is 11.8 Å². The molecule has 0 saturated heterocycles. The van der Waals surface area contributed by atoms with Crippen molar-refractivity contribution in [3.05, 3.63) is 0 Å². The van der Waals surface area contributed by atoms with Crippen LogP contribution in [0.1, 0.15) is 39.0 Å². The van der Waals surface area contributed by atoms with E-state index in [1.807, 2.05) is 11.8 Å². The van der Waals surface area contributed by atoms with Crippen molar-refractivity contribution in [1.82, 2.24) is 5.32 Å². The monoisotopic (exact) mass is 212 g/mol. The molecule has 1 rings (SSSR count). The number of hydrogen-bond acceptors (Lipinski definition) is 3. The largest absolute Gasteiger partial charge is 0.310 e. The molecule has 0 radical (unpaired) electrons. The predicted molar refractivity (Wildman–Crippen MR) is 62.4 cm³/mol. The van der Waals surface area contributed by atoms with Crippen molar-refractivity contribution in [2.24, 2.45) is 0 Å². The molecule has 1 saturated carbocycles. The van der Waals surface area contributed by atoms with Crippen LogP contribution in [0, 0.1) is 11.3 Å². The van der Waals surface area contributed by atoms with Gasteiger partial charge in [-0.2, -0.15) is 17.0 Å². The van der Waals surface area contributed by atoms with Crippen molar-refractivity contribution in [2.45, 2.75) is 56.4 Å². The Bertz CT molecular complexity index is 192. The second-order valence-corrected chi connectivity index (χ2v) is 5.28. The van der Waals surface area contributed by atoms with Crippen LogP contribution in [0.2, 0.25) is 0 Å². The minimum Gasteiger partial charge on any atom is -0.310 e. The molecule has 1 aliphatic rings. The van der Waals surface area contributed by atoms with Crippen molar-refractivity contribution in [1.29, 1.82) is 5.26 Å². The fourth-order valence-corrected chi connectivity index (χ4v) is 2.81. The highest BCUT2D eigenvalue weighted by Gasteiger charge is 2.21. The highest BCUT2D eigenvalue weighted by Crippen LogP contribution is 2.27. The summed E-state index contributed by atoms with van der Waals surface area (Å²) in [7, 11) is 0. The van der Waals surface area contributed by atoms with E-state index in [2.05, 4.69) is 24.6 Å². The van der Waals surface area contributed by atoms with Crippen molar-refractivity contribution in [3.63, 3.8) is 0 Å². The summed E-state index contributed by atoms with van der Waals surface area (Å²) in [5.41, 5.74) is 0. The van der Waals surface area contributed by atoms with E-state index in [0.29, 0.717) is 18.5 Å². The lowest BCUT2D eigenvalue weighted by molar-refractivity contribution is 0.350. The molecule has 0 aliphatic heterocycles. The topological polar surface area (TPSA) is 35.8 Å². The molecule has 0 aromatic heterocycles. The lowest BCUT2D eigenvalue weighted by Gasteiger charge is -2.29. The average molecular weight is 212 g/mol. The van der Waals surface area contributed by atoms with Crippen LogP contribution in [-0.4, -0.2) is 23.6 Å². The average Bonchev–Trinajstić information content (AvgIpc) is 2.19. The normalized spacial score (nSPS) is 29.5. The molecule has 1 N–H and O–H groups in total. The van der Waals surface area contributed by atoms with E-state index in [9.17, 15) is 0 Å². The first kappa shape index (κ1) is 11.9. The molecule has 14 heavy (non-hydrogen) atoms. The summed E-state index contributed by atoms with van der Waals surface area (Å²) in [5.74, 6) is 0. The lowest BCUT2D eigenvalue weighted by Crippen LogP contribution is -2.39. The van der Waals surface area contributed by atoms with E-state index < -0.39 is 0 Å². The van der Waals surface area contributed by atoms with Crippen LogP contribution in [0.3, 0.4) is 0 Å². The van der Waals surface area contributed by atoms with Gasteiger partial charge in [0.05, 0.1) is 12.5 Å². The smallest absolute Gasteiger partial charge is 0.0638 e. The van der Waals surface area contributed by atoms with Gasteiger partial charge in [-0.05, 0) is 38.9 Å². The van der Waals surface area contributed by atoms with E-state index in [-0.39, 0.29) is 0 Å². The van der Waals surface area contributed by atoms with Crippen LogP contribution in [0.4, 0.5) is 0 Å². The molecule has 0 heterocycles. The maximum absolute atomic E-state index is 8.55. The third-order valence-electron chi connectivity index (χ3n) is 2.93. The third-order valence-corrected chi connectivity index (χ3v) is 4.06. The van der Waals surface area contributed by atoms with E-state index in [4.69, 9.17) is 5.26 Å². The molecule has 0 amide bonds. The molecule has 0 bridgehead atoms. The number of rotatable bonds is 4. The highest BCUT2D eigenvalue weighted by atomic mass is 32.2. The van der Waals surface area contributed by atoms with Crippen LogP contribution in [0.15, 0.2) is 0 Å². The molecule has 1 unspecified atom stereocenters. The Morgan fingerprint density at radius 1 is 1.43 bits per heavy atom. The van der Waals surface area contributed by atoms with E-state index in [1.54, 1.807) is 0 Å². The zero-order valence-corrected chi connectivity index (χ0v) is 9.94. The van der Waals surface area contributed by atoms with Gasteiger partial charge in [0.1, 0.15) is 0 Å². The predicted octanol–water partition coefficient (Wildman–Crippen LogP) is 2.55. The molecule has 2 nitrogen and oxygen atoms in total. The first-order valence-electron chi connectivity index (χ1n) is 5.42. The zero-order chi connectivity index (χ0) is 10.4.